The number of rotatable bonds is 5. The second-order valence-corrected chi connectivity index (χ2v) is 6.34. The summed E-state index contributed by atoms with van der Waals surface area (Å²) in [5.74, 6) is 0.182. The molecule has 136 valence electrons. The van der Waals surface area contributed by atoms with Crippen LogP contribution in [0.4, 0.5) is 0 Å². The van der Waals surface area contributed by atoms with Crippen molar-refractivity contribution >= 4 is 29.0 Å². The number of aryl methyl sites for hydroxylation is 2. The molecule has 0 heterocycles. The molecule has 0 aliphatic rings. The van der Waals surface area contributed by atoms with E-state index in [1.54, 1.807) is 12.1 Å². The average Bonchev–Trinajstić information content (AvgIpc) is 2.55. The van der Waals surface area contributed by atoms with Crippen molar-refractivity contribution in [3.8, 4) is 22.6 Å². The number of esters is 1. The molecular formula is C21H25ClMgO3. The molecule has 26 heavy (non-hydrogen) atoms. The molecule has 0 saturated carbocycles. The molecule has 0 amide bonds. The van der Waals surface area contributed by atoms with Crippen molar-refractivity contribution in [3.05, 3.63) is 46.5 Å². The second-order valence-electron chi connectivity index (χ2n) is 6.34. The van der Waals surface area contributed by atoms with Crippen LogP contribution in [0.25, 0.3) is 11.1 Å². The minimum Gasteiger partial charge on any atom is -1.00 e. The Bertz CT molecular complexity index is 772. The van der Waals surface area contributed by atoms with Crippen molar-refractivity contribution in [1.29, 1.82) is 0 Å². The molecule has 0 fully saturated rings. The van der Waals surface area contributed by atoms with Crippen molar-refractivity contribution in [2.75, 3.05) is 0 Å². The zero-order valence-electron chi connectivity index (χ0n) is 16.2. The Balaban J connectivity index is 0.00000312. The normalized spacial score (nSPS) is 9.88. The van der Waals surface area contributed by atoms with Crippen LogP contribution in [0.1, 0.15) is 48.4 Å². The zero-order valence-corrected chi connectivity index (χ0v) is 18.4. The van der Waals surface area contributed by atoms with Crippen molar-refractivity contribution in [1.82, 2.24) is 0 Å². The summed E-state index contributed by atoms with van der Waals surface area (Å²) in [6.07, 6.45) is 2.13. The topological polar surface area (TPSA) is 49.4 Å². The number of carbonyl (C=O) groups excluding carboxylic acids is 1. The van der Waals surface area contributed by atoms with E-state index < -0.39 is 0 Å². The van der Waals surface area contributed by atoms with Gasteiger partial charge in [-0.05, 0) is 68.0 Å². The first-order valence-electron chi connectivity index (χ1n) is 8.45. The van der Waals surface area contributed by atoms with Crippen LogP contribution in [-0.2, 0) is 4.79 Å². The molecule has 0 N–H and O–H groups in total. The van der Waals surface area contributed by atoms with Crippen LogP contribution < -0.4 is 22.3 Å². The van der Waals surface area contributed by atoms with E-state index in [0.29, 0.717) is 17.7 Å². The second kappa shape index (κ2) is 10.8. The van der Waals surface area contributed by atoms with Gasteiger partial charge in [-0.1, -0.05) is 31.5 Å². The van der Waals surface area contributed by atoms with Gasteiger partial charge in [-0.2, -0.15) is 0 Å². The summed E-state index contributed by atoms with van der Waals surface area (Å²) in [5.41, 5.74) is 5.40. The molecule has 0 aromatic heterocycles. The van der Waals surface area contributed by atoms with Crippen LogP contribution in [0.15, 0.2) is 24.3 Å². The Kier molecular flexibility index (Phi) is 10.3. The molecule has 0 radical (unpaired) electrons. The monoisotopic (exact) mass is 384 g/mol. The van der Waals surface area contributed by atoms with Gasteiger partial charge in [0.2, 0.25) is 0 Å². The van der Waals surface area contributed by atoms with Crippen LogP contribution in [0.2, 0.25) is 0 Å². The molecule has 0 saturated heterocycles. The number of hydrogen-bond donors (Lipinski definition) is 0. The number of halogens is 1. The van der Waals surface area contributed by atoms with Gasteiger partial charge in [0.15, 0.2) is 0 Å². The quantitative estimate of drug-likeness (QED) is 0.444. The third-order valence-electron chi connectivity index (χ3n) is 4.60. The summed E-state index contributed by atoms with van der Waals surface area (Å²) in [7, 11) is 0. The van der Waals surface area contributed by atoms with Crippen molar-refractivity contribution < 1.29 is 27.0 Å². The fraction of sp³-hybridized carbons (Fsp3) is 0.381. The van der Waals surface area contributed by atoms with E-state index in [9.17, 15) is 9.90 Å². The molecule has 0 aliphatic carbocycles. The Morgan fingerprint density at radius 2 is 1.50 bits per heavy atom. The van der Waals surface area contributed by atoms with Crippen LogP contribution in [0, 0.1) is 27.7 Å². The largest absolute Gasteiger partial charge is 2.00 e. The summed E-state index contributed by atoms with van der Waals surface area (Å²) in [4.78, 5) is 12.1. The molecular weight excluding hydrogens is 360 g/mol. The molecule has 2 aromatic rings. The van der Waals surface area contributed by atoms with Gasteiger partial charge in [-0.3, -0.25) is 4.79 Å². The Morgan fingerprint density at radius 1 is 0.962 bits per heavy atom. The molecule has 0 unspecified atom stereocenters. The van der Waals surface area contributed by atoms with Crippen LogP contribution >= 0.6 is 0 Å². The first-order chi connectivity index (χ1) is 11.4. The van der Waals surface area contributed by atoms with Crippen LogP contribution in [0.5, 0.6) is 11.5 Å². The molecule has 2 aromatic carbocycles. The maximum absolute atomic E-state index is 12.5. The van der Waals surface area contributed by atoms with Gasteiger partial charge >= 0.3 is 29.0 Å². The maximum atomic E-state index is 12.5. The van der Waals surface area contributed by atoms with Gasteiger partial charge in [-0.25, -0.2) is 0 Å². The summed E-state index contributed by atoms with van der Waals surface area (Å²) >= 11 is 0. The number of benzene rings is 2. The van der Waals surface area contributed by atoms with E-state index in [1.165, 1.54) is 0 Å². The van der Waals surface area contributed by atoms with Gasteiger partial charge < -0.3 is 22.3 Å². The molecule has 0 spiro atoms. The van der Waals surface area contributed by atoms with Gasteiger partial charge in [0.05, 0.1) is 0 Å². The molecule has 0 bridgehead atoms. The third-order valence-corrected chi connectivity index (χ3v) is 4.60. The smallest absolute Gasteiger partial charge is 1.00 e. The third kappa shape index (κ3) is 5.38. The average molecular weight is 385 g/mol. The summed E-state index contributed by atoms with van der Waals surface area (Å²) in [5, 5.41) is 12.5. The maximum Gasteiger partial charge on any atom is 2.00 e. The number of carbonyl (C=O) groups is 1. The first kappa shape index (κ1) is 24.8. The first-order valence-corrected chi connectivity index (χ1v) is 8.45. The molecule has 5 heteroatoms. The van der Waals surface area contributed by atoms with E-state index >= 15 is 0 Å². The number of unbranched alkanes of at least 4 members (excludes halogenated alkanes) is 1. The molecule has 0 aliphatic heterocycles. The van der Waals surface area contributed by atoms with Gasteiger partial charge in [0, 0.05) is 12.0 Å². The molecule has 0 atom stereocenters. The van der Waals surface area contributed by atoms with Gasteiger partial charge in [0.25, 0.3) is 0 Å². The molecule has 2 rings (SSSR count). The Labute approximate surface area is 178 Å². The summed E-state index contributed by atoms with van der Waals surface area (Å²) in [6, 6.07) is 7.14. The van der Waals surface area contributed by atoms with E-state index in [-0.39, 0.29) is 47.2 Å². The van der Waals surface area contributed by atoms with Crippen molar-refractivity contribution in [3.63, 3.8) is 0 Å². The van der Waals surface area contributed by atoms with E-state index in [1.807, 2.05) is 46.8 Å². The fourth-order valence-corrected chi connectivity index (χ4v) is 2.78. The zero-order chi connectivity index (χ0) is 17.9. The number of hydrogen-bond acceptors (Lipinski definition) is 3. The van der Waals surface area contributed by atoms with Crippen LogP contribution in [-0.4, -0.2) is 29.0 Å². The van der Waals surface area contributed by atoms with E-state index in [2.05, 4.69) is 0 Å². The number of ether oxygens (including phenoxy) is 1. The minimum absolute atomic E-state index is 0. The predicted molar refractivity (Wildman–Crippen MR) is 101 cm³/mol. The van der Waals surface area contributed by atoms with E-state index in [4.69, 9.17) is 4.74 Å². The standard InChI is InChI=1S/C21H26O3.ClH.Mg/c1-6-7-8-19(23)24-18-12-10-14(3)16(5)21(18)20-15(4)13(2)9-11-17(20)22;;/h9-12,22H,6-8H2,1-5H3;1H;/q;;+2/p-2. The van der Waals surface area contributed by atoms with Gasteiger partial charge in [0.1, 0.15) is 5.75 Å². The summed E-state index contributed by atoms with van der Waals surface area (Å²) in [6.45, 7) is 9.92. The molecule has 3 nitrogen and oxygen atoms in total. The van der Waals surface area contributed by atoms with Crippen molar-refractivity contribution in [2.24, 2.45) is 0 Å². The van der Waals surface area contributed by atoms with E-state index in [0.717, 1.165) is 40.7 Å². The summed E-state index contributed by atoms with van der Waals surface area (Å²) < 4.78 is 5.61. The van der Waals surface area contributed by atoms with Crippen LogP contribution in [0.3, 0.4) is 0 Å². The minimum atomic E-state index is -0.251. The van der Waals surface area contributed by atoms with Crippen molar-refractivity contribution in [2.45, 2.75) is 53.9 Å². The Morgan fingerprint density at radius 3 is 2.08 bits per heavy atom. The predicted octanol–water partition coefficient (Wildman–Crippen LogP) is 1.38. The Hall–Kier alpha value is -1.23. The van der Waals surface area contributed by atoms with Gasteiger partial charge in [-0.15, -0.1) is 5.75 Å². The fourth-order valence-electron chi connectivity index (χ4n) is 2.78. The SMILES string of the molecule is CCCCC(=O)Oc1ccc(C)c(C)c1-c1c([O-])ccc(C)c1C.[Cl-].[Mg+2].